The van der Waals surface area contributed by atoms with Crippen LogP contribution in [-0.4, -0.2) is 122 Å². The van der Waals surface area contributed by atoms with Crippen LogP contribution in [-0.2, 0) is 35.9 Å². The lowest BCUT2D eigenvalue weighted by Crippen LogP contribution is -2.66. The minimum atomic E-state index is -3.93. The molecule has 0 aromatic carbocycles. The van der Waals surface area contributed by atoms with E-state index in [2.05, 4.69) is 30.9 Å². The number of hydrogen-bond acceptors (Lipinski definition) is 12. The lowest BCUT2D eigenvalue weighted by Gasteiger charge is -2.47. The van der Waals surface area contributed by atoms with Gasteiger partial charge in [-0.15, -0.1) is 16.9 Å². The predicted octanol–water partition coefficient (Wildman–Crippen LogP) is -3.86. The fraction of sp³-hybridized carbons (Fsp3) is 0.696. The molecule has 4 aliphatic heterocycles. The van der Waals surface area contributed by atoms with Crippen molar-refractivity contribution in [2.24, 2.45) is 22.7 Å². The lowest BCUT2D eigenvalue weighted by atomic mass is 9.78. The minimum absolute atomic E-state index is 0.0432. The molecule has 3 amide bonds. The number of amides is 3. The Labute approximate surface area is 251 Å². The number of β-lactam (4-membered cyclic amide) rings is 1. The van der Waals surface area contributed by atoms with Crippen LogP contribution in [0.3, 0.4) is 0 Å². The summed E-state index contributed by atoms with van der Waals surface area (Å²) >= 11 is 1.34. The molecule has 0 saturated carbocycles. The number of likely N-dealkylation sites (tertiary alicyclic amines) is 1. The second-order valence-electron chi connectivity index (χ2n) is 11.4. The SMILES string of the molecule is CC(NC(=O)Cn1cnnn1)[C@H]1C(=O)N2C(C(=O)O)=C(S[C@@H]3CN[C@H](C(=O)N4C[C@@H](N)C[C@H]4CNS(N)(=O)=O)C3)[C@H](C)[C@H]12. The van der Waals surface area contributed by atoms with E-state index in [9.17, 15) is 32.7 Å². The number of carbonyl (C=O) groups excluding carboxylic acids is 3. The molecule has 8 atom stereocenters. The summed E-state index contributed by atoms with van der Waals surface area (Å²) in [4.78, 5) is 54.8. The normalized spacial score (nSPS) is 31.3. The van der Waals surface area contributed by atoms with Crippen molar-refractivity contribution in [3.05, 3.63) is 16.9 Å². The molecule has 1 aromatic rings. The smallest absolute Gasteiger partial charge is 0.353 e. The van der Waals surface area contributed by atoms with Crippen LogP contribution in [0.1, 0.15) is 26.7 Å². The highest BCUT2D eigenvalue weighted by Crippen LogP contribution is 2.51. The Bertz CT molecular complexity index is 1420. The molecule has 4 aliphatic rings. The number of rotatable bonds is 11. The predicted molar refractivity (Wildman–Crippen MR) is 150 cm³/mol. The van der Waals surface area contributed by atoms with Gasteiger partial charge in [0.05, 0.1) is 18.0 Å². The van der Waals surface area contributed by atoms with Crippen LogP contribution in [0.2, 0.25) is 0 Å². The van der Waals surface area contributed by atoms with Gasteiger partial charge in [0.1, 0.15) is 18.6 Å². The van der Waals surface area contributed by atoms with Gasteiger partial charge in [0.2, 0.25) is 17.7 Å². The van der Waals surface area contributed by atoms with E-state index in [-0.39, 0.29) is 60.3 Å². The first-order valence-electron chi connectivity index (χ1n) is 13.8. The van der Waals surface area contributed by atoms with E-state index >= 15 is 0 Å². The monoisotopic (exact) mass is 641 g/mol. The molecular formula is C23H35N11O7S2. The van der Waals surface area contributed by atoms with Crippen molar-refractivity contribution < 1.29 is 32.7 Å². The van der Waals surface area contributed by atoms with Crippen LogP contribution < -0.4 is 26.2 Å². The first-order valence-corrected chi connectivity index (χ1v) is 16.2. The summed E-state index contributed by atoms with van der Waals surface area (Å²) in [6.07, 6.45) is 2.13. The van der Waals surface area contributed by atoms with E-state index < -0.39 is 46.3 Å². The van der Waals surface area contributed by atoms with Gasteiger partial charge in [0, 0.05) is 53.8 Å². The average Bonchev–Trinajstić information content (AvgIpc) is 3.70. The second-order valence-corrected chi connectivity index (χ2v) is 14.1. The van der Waals surface area contributed by atoms with Crippen molar-refractivity contribution in [3.63, 3.8) is 0 Å². The zero-order chi connectivity index (χ0) is 31.2. The van der Waals surface area contributed by atoms with E-state index in [1.54, 1.807) is 11.8 Å². The van der Waals surface area contributed by atoms with E-state index in [0.717, 1.165) is 0 Å². The summed E-state index contributed by atoms with van der Waals surface area (Å²) < 4.78 is 26.2. The third-order valence-corrected chi connectivity index (χ3v) is 10.4. The maximum atomic E-state index is 13.4. The molecule has 3 fully saturated rings. The molecule has 20 heteroatoms. The zero-order valence-corrected chi connectivity index (χ0v) is 25.1. The van der Waals surface area contributed by atoms with Gasteiger partial charge in [-0.25, -0.2) is 19.3 Å². The van der Waals surface area contributed by atoms with Gasteiger partial charge in [-0.1, -0.05) is 6.92 Å². The Morgan fingerprint density at radius 2 is 2.05 bits per heavy atom. The molecule has 1 unspecified atom stereocenters. The Hall–Kier alpha value is -3.17. The molecule has 5 heterocycles. The Kier molecular flexibility index (Phi) is 8.78. The average molecular weight is 642 g/mol. The standard InChI is InChI=1S/C23H35N11O7S2/c1-10-18-17(11(2)29-16(35)8-32-9-27-30-31-32)22(37)34(18)19(23(38)39)20(10)42-14-4-15(26-6-14)21(36)33-7-12(24)3-13(33)5-28-43(25,40)41/h9-15,17-18,26,28H,3-8,24H2,1-2H3,(H,29,35)(H,38,39)(H2,25,40,41)/t10-,11?,12+,13+,14+,15+,17-,18-/m1/s1. The molecule has 18 nitrogen and oxygen atoms in total. The number of tetrazole rings is 1. The highest BCUT2D eigenvalue weighted by Gasteiger charge is 2.60. The van der Waals surface area contributed by atoms with Gasteiger partial charge in [0.25, 0.3) is 10.2 Å². The maximum Gasteiger partial charge on any atom is 0.353 e. The Balaban J connectivity index is 1.22. The summed E-state index contributed by atoms with van der Waals surface area (Å²) in [5.74, 6) is -3.10. The number of nitrogens with two attached hydrogens (primary N) is 2. The second kappa shape index (κ2) is 12.1. The van der Waals surface area contributed by atoms with Crippen LogP contribution in [0.5, 0.6) is 0 Å². The van der Waals surface area contributed by atoms with Crippen molar-refractivity contribution in [1.29, 1.82) is 0 Å². The molecule has 0 aliphatic carbocycles. The van der Waals surface area contributed by atoms with Crippen molar-refractivity contribution in [1.82, 2.24) is 45.4 Å². The molecule has 0 radical (unpaired) electrons. The number of nitrogens with zero attached hydrogens (tertiary/aromatic N) is 6. The number of nitrogens with one attached hydrogen (secondary N) is 3. The fourth-order valence-corrected chi connectivity index (χ4v) is 8.38. The Morgan fingerprint density at radius 3 is 2.70 bits per heavy atom. The third kappa shape index (κ3) is 6.38. The number of fused-ring (bicyclic) bond motifs is 1. The van der Waals surface area contributed by atoms with E-state index in [1.165, 1.54) is 27.7 Å². The molecule has 5 rings (SSSR count). The maximum absolute atomic E-state index is 13.4. The first-order chi connectivity index (χ1) is 20.2. The molecule has 0 spiro atoms. The van der Waals surface area contributed by atoms with Crippen LogP contribution >= 0.6 is 11.8 Å². The number of thioether (sulfide) groups is 1. The molecular weight excluding hydrogens is 606 g/mol. The van der Waals surface area contributed by atoms with E-state index in [0.29, 0.717) is 24.3 Å². The fourth-order valence-electron chi connectivity index (χ4n) is 6.48. The molecule has 0 bridgehead atoms. The molecule has 1 aromatic heterocycles. The zero-order valence-electron chi connectivity index (χ0n) is 23.5. The summed E-state index contributed by atoms with van der Waals surface area (Å²) in [6.45, 7) is 4.12. The van der Waals surface area contributed by atoms with Crippen molar-refractivity contribution in [2.75, 3.05) is 19.6 Å². The van der Waals surface area contributed by atoms with Crippen LogP contribution in [0.4, 0.5) is 0 Å². The third-order valence-electron chi connectivity index (χ3n) is 8.35. The van der Waals surface area contributed by atoms with Gasteiger partial charge in [-0.05, 0) is 30.2 Å². The number of hydrogen-bond donors (Lipinski definition) is 6. The highest BCUT2D eigenvalue weighted by atomic mass is 32.2. The van der Waals surface area contributed by atoms with Crippen molar-refractivity contribution in [3.8, 4) is 0 Å². The van der Waals surface area contributed by atoms with Crippen molar-refractivity contribution >= 4 is 45.7 Å². The largest absolute Gasteiger partial charge is 0.477 e. The minimum Gasteiger partial charge on any atom is -0.477 e. The number of carboxylic acids is 1. The quantitative estimate of drug-likeness (QED) is 0.127. The highest BCUT2D eigenvalue weighted by molar-refractivity contribution is 8.03. The molecule has 3 saturated heterocycles. The number of carboxylic acid groups (broad SMARTS) is 1. The van der Waals surface area contributed by atoms with Crippen LogP contribution in [0.15, 0.2) is 16.9 Å². The number of carbonyl (C=O) groups is 4. The van der Waals surface area contributed by atoms with Gasteiger partial charge in [-0.3, -0.25) is 14.4 Å². The summed E-state index contributed by atoms with van der Waals surface area (Å²) in [5, 5.41) is 31.6. The van der Waals surface area contributed by atoms with E-state index in [1.807, 2.05) is 6.92 Å². The van der Waals surface area contributed by atoms with Gasteiger partial charge < -0.3 is 31.3 Å². The number of aliphatic carboxylic acids is 1. The van der Waals surface area contributed by atoms with E-state index in [4.69, 9.17) is 10.9 Å². The molecule has 8 N–H and O–H groups in total. The van der Waals surface area contributed by atoms with Gasteiger partial charge in [-0.2, -0.15) is 8.42 Å². The Morgan fingerprint density at radius 1 is 1.30 bits per heavy atom. The molecule has 43 heavy (non-hydrogen) atoms. The number of aromatic nitrogens is 4. The summed E-state index contributed by atoms with van der Waals surface area (Å²) in [5.41, 5.74) is 6.00. The summed E-state index contributed by atoms with van der Waals surface area (Å²) in [7, 11) is -3.93. The van der Waals surface area contributed by atoms with Gasteiger partial charge in [0.15, 0.2) is 0 Å². The van der Waals surface area contributed by atoms with Gasteiger partial charge >= 0.3 is 5.97 Å². The van der Waals surface area contributed by atoms with Crippen LogP contribution in [0, 0.1) is 11.8 Å². The van der Waals surface area contributed by atoms with Crippen LogP contribution in [0.25, 0.3) is 0 Å². The first kappa shape index (κ1) is 31.3. The summed E-state index contributed by atoms with van der Waals surface area (Å²) in [6, 6.07) is -2.29. The lowest BCUT2D eigenvalue weighted by molar-refractivity contribution is -0.158. The van der Waals surface area contributed by atoms with Crippen molar-refractivity contribution in [2.45, 2.75) is 68.7 Å². The topological polar surface area (TPSA) is 261 Å². The molecule has 236 valence electrons.